The lowest BCUT2D eigenvalue weighted by atomic mass is 10.1. The summed E-state index contributed by atoms with van der Waals surface area (Å²) in [6.45, 7) is 0.611. The van der Waals surface area contributed by atoms with Gasteiger partial charge in [-0.3, -0.25) is 0 Å². The molecule has 5 aromatic rings. The maximum absolute atomic E-state index is 11.9. The zero-order valence-electron chi connectivity index (χ0n) is 19.5. The fraction of sp³-hybridized carbons (Fsp3) is 0.115. The second kappa shape index (κ2) is 9.71. The van der Waals surface area contributed by atoms with Gasteiger partial charge in [-0.05, 0) is 23.8 Å². The number of carboxylic acid groups (broad SMARTS) is 1. The summed E-state index contributed by atoms with van der Waals surface area (Å²) >= 11 is 0. The number of carboxylic acids is 1. The molecule has 2 heterocycles. The number of anilines is 1. The number of carbonyl (C=O) groups is 1. The maximum Gasteiger partial charge on any atom is 0.340 e. The molecule has 10 heteroatoms. The fourth-order valence-electron chi connectivity index (χ4n) is 4.11. The quantitative estimate of drug-likeness (QED) is 0.249. The van der Waals surface area contributed by atoms with Crippen molar-refractivity contribution in [3.63, 3.8) is 0 Å². The molecule has 0 unspecified atom stereocenters. The topological polar surface area (TPSA) is 124 Å². The highest BCUT2D eigenvalue weighted by molar-refractivity contribution is 6.04. The van der Waals surface area contributed by atoms with Gasteiger partial charge in [-0.1, -0.05) is 48.5 Å². The van der Waals surface area contributed by atoms with E-state index < -0.39 is 5.97 Å². The lowest BCUT2D eigenvalue weighted by molar-refractivity contribution is 0.0692. The van der Waals surface area contributed by atoms with Crippen molar-refractivity contribution in [3.8, 4) is 11.5 Å². The third-order valence-corrected chi connectivity index (χ3v) is 5.72. The van der Waals surface area contributed by atoms with E-state index in [2.05, 4.69) is 42.4 Å². The van der Waals surface area contributed by atoms with Gasteiger partial charge in [0.2, 0.25) is 0 Å². The fourth-order valence-corrected chi connectivity index (χ4v) is 4.11. The number of nitrogens with one attached hydrogen (secondary N) is 1. The molecule has 0 fully saturated rings. The monoisotopic (exact) mass is 482 g/mol. The number of ether oxygens (including phenoxy) is 2. The summed E-state index contributed by atoms with van der Waals surface area (Å²) in [5.74, 6) is -0.576. The molecule has 2 aromatic heterocycles. The van der Waals surface area contributed by atoms with Crippen molar-refractivity contribution >= 4 is 40.2 Å². The van der Waals surface area contributed by atoms with Crippen LogP contribution in [-0.4, -0.2) is 51.3 Å². The van der Waals surface area contributed by atoms with Crippen LogP contribution in [0.1, 0.15) is 21.5 Å². The van der Waals surface area contributed by atoms with Crippen LogP contribution in [0.3, 0.4) is 0 Å². The van der Waals surface area contributed by atoms with Gasteiger partial charge in [-0.25, -0.2) is 10.2 Å². The third-order valence-electron chi connectivity index (χ3n) is 5.72. The highest BCUT2D eigenvalue weighted by atomic mass is 16.5. The number of hydrazone groups is 1. The number of fused-ring (bicyclic) bond motifs is 3. The van der Waals surface area contributed by atoms with Gasteiger partial charge in [0.1, 0.15) is 11.1 Å². The summed E-state index contributed by atoms with van der Waals surface area (Å²) in [7, 11) is 2.82. The molecule has 0 saturated carbocycles. The first kappa shape index (κ1) is 22.8. The van der Waals surface area contributed by atoms with Crippen LogP contribution in [-0.2, 0) is 6.54 Å². The number of methoxy groups -OCH3 is 2. The smallest absolute Gasteiger partial charge is 0.340 e. The molecule has 10 nitrogen and oxygen atoms in total. The Labute approximate surface area is 205 Å². The molecule has 0 saturated heterocycles. The molecule has 0 aliphatic heterocycles. The number of aromatic nitrogens is 4. The second-order valence-electron chi connectivity index (χ2n) is 7.84. The normalized spacial score (nSPS) is 11.3. The molecule has 180 valence electrons. The summed E-state index contributed by atoms with van der Waals surface area (Å²) in [6, 6.07) is 21.2. The minimum absolute atomic E-state index is 0.0696. The summed E-state index contributed by atoms with van der Waals surface area (Å²) < 4.78 is 12.5. The molecule has 0 bridgehead atoms. The van der Waals surface area contributed by atoms with Crippen LogP contribution >= 0.6 is 0 Å². The van der Waals surface area contributed by atoms with Crippen LogP contribution in [0.5, 0.6) is 11.5 Å². The zero-order valence-corrected chi connectivity index (χ0v) is 19.5. The second-order valence-corrected chi connectivity index (χ2v) is 7.84. The van der Waals surface area contributed by atoms with Crippen molar-refractivity contribution in [1.29, 1.82) is 0 Å². The van der Waals surface area contributed by atoms with Crippen LogP contribution < -0.4 is 14.9 Å². The van der Waals surface area contributed by atoms with Gasteiger partial charge in [-0.15, -0.1) is 10.2 Å². The van der Waals surface area contributed by atoms with Crippen LogP contribution in [0.15, 0.2) is 71.8 Å². The number of hydrogen-bond acceptors (Lipinski definition) is 8. The minimum Gasteiger partial charge on any atom is -0.493 e. The Morgan fingerprint density at radius 2 is 1.81 bits per heavy atom. The number of para-hydroxylation sites is 1. The Kier molecular flexibility index (Phi) is 6.14. The van der Waals surface area contributed by atoms with E-state index in [9.17, 15) is 9.90 Å². The minimum atomic E-state index is -1.17. The Hall–Kier alpha value is -4.99. The van der Waals surface area contributed by atoms with Crippen molar-refractivity contribution in [2.75, 3.05) is 19.6 Å². The van der Waals surface area contributed by atoms with Crippen molar-refractivity contribution in [1.82, 2.24) is 19.7 Å². The number of rotatable bonds is 8. The predicted molar refractivity (Wildman–Crippen MR) is 136 cm³/mol. The average Bonchev–Trinajstić information content (AvgIpc) is 3.21. The van der Waals surface area contributed by atoms with E-state index in [1.54, 1.807) is 12.1 Å². The van der Waals surface area contributed by atoms with Crippen molar-refractivity contribution in [2.24, 2.45) is 5.10 Å². The Morgan fingerprint density at radius 1 is 1.03 bits per heavy atom. The predicted octanol–water partition coefficient (Wildman–Crippen LogP) is 4.19. The van der Waals surface area contributed by atoms with Gasteiger partial charge < -0.3 is 19.1 Å². The van der Waals surface area contributed by atoms with Crippen LogP contribution in [0.25, 0.3) is 22.1 Å². The molecule has 0 radical (unpaired) electrons. The Morgan fingerprint density at radius 3 is 2.56 bits per heavy atom. The van der Waals surface area contributed by atoms with Crippen molar-refractivity contribution in [2.45, 2.75) is 6.54 Å². The SMILES string of the molecule is COc1ccc(/C=N/Nc2nnc3c4ccccc4n(Cc4ccccc4)c3n2)c(C(=O)O)c1OC. The first-order valence-corrected chi connectivity index (χ1v) is 11.0. The van der Waals surface area contributed by atoms with Crippen LogP contribution in [0.4, 0.5) is 5.95 Å². The number of aromatic carboxylic acids is 1. The Balaban J connectivity index is 1.51. The zero-order chi connectivity index (χ0) is 25.1. The molecule has 0 spiro atoms. The number of nitrogens with zero attached hydrogens (tertiary/aromatic N) is 5. The standard InChI is InChI=1S/C26H22N6O4/c1-35-20-13-12-17(21(25(33)34)23(20)36-2)14-27-30-26-28-24-22(29-31-26)18-10-6-7-11-19(18)32(24)15-16-8-4-3-5-9-16/h3-14H,15H2,1-2H3,(H,33,34)(H,28,30,31)/b27-14+. The van der Waals surface area contributed by atoms with E-state index in [0.29, 0.717) is 29.0 Å². The molecular formula is C26H22N6O4. The van der Waals surface area contributed by atoms with Crippen molar-refractivity contribution in [3.05, 3.63) is 83.4 Å². The van der Waals surface area contributed by atoms with Gasteiger partial charge >= 0.3 is 5.97 Å². The maximum atomic E-state index is 11.9. The number of benzene rings is 3. The molecule has 36 heavy (non-hydrogen) atoms. The van der Waals surface area contributed by atoms with Gasteiger partial charge in [0.25, 0.3) is 5.95 Å². The Bertz CT molecular complexity index is 1600. The first-order valence-electron chi connectivity index (χ1n) is 11.0. The van der Waals surface area contributed by atoms with E-state index >= 15 is 0 Å². The number of hydrogen-bond donors (Lipinski definition) is 2. The third kappa shape index (κ3) is 4.16. The molecule has 0 atom stereocenters. The highest BCUT2D eigenvalue weighted by Crippen LogP contribution is 2.33. The summed E-state index contributed by atoms with van der Waals surface area (Å²) in [5.41, 5.74) is 6.47. The van der Waals surface area contributed by atoms with E-state index in [4.69, 9.17) is 9.47 Å². The molecule has 5 rings (SSSR count). The molecule has 0 aliphatic carbocycles. The van der Waals surface area contributed by atoms with E-state index in [1.807, 2.05) is 42.5 Å². The van der Waals surface area contributed by atoms with E-state index in [1.165, 1.54) is 20.4 Å². The molecular weight excluding hydrogens is 460 g/mol. The summed E-state index contributed by atoms with van der Waals surface area (Å²) in [5, 5.41) is 23.4. The first-order chi connectivity index (χ1) is 17.6. The molecule has 0 amide bonds. The lowest BCUT2D eigenvalue weighted by Crippen LogP contribution is -2.08. The van der Waals surface area contributed by atoms with E-state index in [0.717, 1.165) is 16.5 Å². The van der Waals surface area contributed by atoms with Gasteiger partial charge in [-0.2, -0.15) is 10.1 Å². The van der Waals surface area contributed by atoms with Crippen LogP contribution in [0, 0.1) is 0 Å². The molecule has 0 aliphatic rings. The van der Waals surface area contributed by atoms with Gasteiger partial charge in [0, 0.05) is 17.5 Å². The summed E-state index contributed by atoms with van der Waals surface area (Å²) in [4.78, 5) is 16.5. The van der Waals surface area contributed by atoms with E-state index in [-0.39, 0.29) is 17.3 Å². The van der Waals surface area contributed by atoms with Crippen molar-refractivity contribution < 1.29 is 19.4 Å². The largest absolute Gasteiger partial charge is 0.493 e. The van der Waals surface area contributed by atoms with Gasteiger partial charge in [0.15, 0.2) is 17.1 Å². The molecule has 3 aromatic carbocycles. The summed E-state index contributed by atoms with van der Waals surface area (Å²) in [6.07, 6.45) is 1.36. The lowest BCUT2D eigenvalue weighted by Gasteiger charge is -2.12. The highest BCUT2D eigenvalue weighted by Gasteiger charge is 2.20. The average molecular weight is 483 g/mol. The van der Waals surface area contributed by atoms with Crippen LogP contribution in [0.2, 0.25) is 0 Å². The van der Waals surface area contributed by atoms with Gasteiger partial charge in [0.05, 0.1) is 26.0 Å². The molecule has 2 N–H and O–H groups in total.